The normalized spacial score (nSPS) is 12.7. The average molecular weight is 336 g/mol. The molecule has 0 fully saturated rings. The van der Waals surface area contributed by atoms with Crippen molar-refractivity contribution < 1.29 is 0 Å². The number of hydrogen-bond donors (Lipinski definition) is 0. The largest absolute Gasteiger partial charge is 0.152 e. The van der Waals surface area contributed by atoms with Crippen molar-refractivity contribution in [1.82, 2.24) is 0 Å². The topological polar surface area (TPSA) is 0 Å². The van der Waals surface area contributed by atoms with Gasteiger partial charge in [-0.15, -0.1) is 0 Å². The van der Waals surface area contributed by atoms with Crippen LogP contribution in [0.15, 0.2) is 35.0 Å². The van der Waals surface area contributed by atoms with E-state index in [4.69, 9.17) is 23.2 Å². The first-order chi connectivity index (χ1) is 7.66. The van der Waals surface area contributed by atoms with Gasteiger partial charge in [0, 0.05) is 4.83 Å². The molecule has 0 spiro atoms. The summed E-state index contributed by atoms with van der Waals surface area (Å²) in [6.07, 6.45) is 0.960. The first kappa shape index (κ1) is 12.4. The van der Waals surface area contributed by atoms with Crippen molar-refractivity contribution in [3.63, 3.8) is 0 Å². The Hall–Kier alpha value is -0.0200. The highest BCUT2D eigenvalue weighted by Crippen LogP contribution is 2.32. The highest BCUT2D eigenvalue weighted by atomic mass is 79.9. The van der Waals surface area contributed by atoms with E-state index in [1.807, 2.05) is 18.2 Å². The molecule has 1 aromatic carbocycles. The van der Waals surface area contributed by atoms with E-state index in [9.17, 15) is 0 Å². The fraction of sp³-hybridized carbons (Fsp3) is 0.167. The summed E-state index contributed by atoms with van der Waals surface area (Å²) in [6.45, 7) is 0. The monoisotopic (exact) mass is 334 g/mol. The second-order valence-electron chi connectivity index (χ2n) is 3.48. The summed E-state index contributed by atoms with van der Waals surface area (Å²) in [4.78, 5) is 0.275. The van der Waals surface area contributed by atoms with Gasteiger partial charge in [0.25, 0.3) is 0 Å². The van der Waals surface area contributed by atoms with Gasteiger partial charge in [-0.1, -0.05) is 45.2 Å². The first-order valence-electron chi connectivity index (χ1n) is 4.77. The Kier molecular flexibility index (Phi) is 4.31. The van der Waals surface area contributed by atoms with E-state index < -0.39 is 0 Å². The van der Waals surface area contributed by atoms with Crippen molar-refractivity contribution in [1.29, 1.82) is 0 Å². The van der Waals surface area contributed by atoms with E-state index in [1.165, 1.54) is 5.56 Å². The van der Waals surface area contributed by atoms with E-state index in [0.717, 1.165) is 12.0 Å². The zero-order chi connectivity index (χ0) is 11.5. The van der Waals surface area contributed by atoms with Crippen molar-refractivity contribution in [2.75, 3.05) is 0 Å². The van der Waals surface area contributed by atoms with Crippen LogP contribution in [0.3, 0.4) is 0 Å². The van der Waals surface area contributed by atoms with Crippen molar-refractivity contribution >= 4 is 50.5 Å². The fourth-order valence-electron chi connectivity index (χ4n) is 1.44. The van der Waals surface area contributed by atoms with Crippen LogP contribution in [0.5, 0.6) is 0 Å². The Bertz CT molecular complexity index is 468. The van der Waals surface area contributed by atoms with E-state index in [0.29, 0.717) is 10.0 Å². The summed E-state index contributed by atoms with van der Waals surface area (Å²) >= 11 is 17.3. The molecule has 2 rings (SSSR count). The van der Waals surface area contributed by atoms with Gasteiger partial charge in [-0.2, -0.15) is 11.3 Å². The molecule has 84 valence electrons. The lowest BCUT2D eigenvalue weighted by Crippen LogP contribution is -1.94. The van der Waals surface area contributed by atoms with Crippen LogP contribution in [-0.2, 0) is 6.42 Å². The number of thiophene rings is 1. The predicted molar refractivity (Wildman–Crippen MR) is 76.2 cm³/mol. The van der Waals surface area contributed by atoms with Gasteiger partial charge in [0.1, 0.15) is 0 Å². The molecular formula is C12H9BrCl2S. The van der Waals surface area contributed by atoms with Gasteiger partial charge >= 0.3 is 0 Å². The fourth-order valence-corrected chi connectivity index (χ4v) is 3.09. The van der Waals surface area contributed by atoms with Crippen LogP contribution in [0.4, 0.5) is 0 Å². The standard InChI is InChI=1S/C12H9BrCl2S/c13-10(5-8-3-4-16-7-8)9-1-2-11(14)12(15)6-9/h1-4,6-7,10H,5H2. The number of halogens is 3. The molecule has 0 amide bonds. The number of benzene rings is 1. The van der Waals surface area contributed by atoms with Gasteiger partial charge in [0.15, 0.2) is 0 Å². The minimum Gasteiger partial charge on any atom is -0.152 e. The molecule has 1 aromatic heterocycles. The molecule has 1 heterocycles. The second kappa shape index (κ2) is 5.54. The quantitative estimate of drug-likeness (QED) is 0.628. The molecule has 0 aliphatic rings. The van der Waals surface area contributed by atoms with E-state index >= 15 is 0 Å². The van der Waals surface area contributed by atoms with Gasteiger partial charge < -0.3 is 0 Å². The van der Waals surface area contributed by atoms with Gasteiger partial charge in [-0.05, 0) is 46.5 Å². The van der Waals surface area contributed by atoms with Crippen LogP contribution in [-0.4, -0.2) is 0 Å². The summed E-state index contributed by atoms with van der Waals surface area (Å²) in [5.74, 6) is 0. The molecule has 0 aliphatic heterocycles. The number of alkyl halides is 1. The molecule has 1 unspecified atom stereocenters. The van der Waals surface area contributed by atoms with Crippen LogP contribution < -0.4 is 0 Å². The Morgan fingerprint density at radius 2 is 2.00 bits per heavy atom. The zero-order valence-corrected chi connectivity index (χ0v) is 12.2. The van der Waals surface area contributed by atoms with Crippen LogP contribution in [0, 0.1) is 0 Å². The number of hydrogen-bond acceptors (Lipinski definition) is 1. The lowest BCUT2D eigenvalue weighted by atomic mass is 10.1. The van der Waals surface area contributed by atoms with E-state index in [2.05, 4.69) is 32.8 Å². The Morgan fingerprint density at radius 1 is 1.19 bits per heavy atom. The summed E-state index contributed by atoms with van der Waals surface area (Å²) in [7, 11) is 0. The molecule has 0 N–H and O–H groups in total. The minimum atomic E-state index is 0.275. The maximum atomic E-state index is 5.99. The van der Waals surface area contributed by atoms with Crippen LogP contribution in [0.1, 0.15) is 16.0 Å². The van der Waals surface area contributed by atoms with Crippen molar-refractivity contribution in [2.45, 2.75) is 11.2 Å². The van der Waals surface area contributed by atoms with Gasteiger partial charge in [-0.25, -0.2) is 0 Å². The SMILES string of the molecule is Clc1ccc(C(Br)Cc2ccsc2)cc1Cl. The highest BCUT2D eigenvalue weighted by Gasteiger charge is 2.10. The second-order valence-corrected chi connectivity index (χ2v) is 6.18. The molecule has 0 radical (unpaired) electrons. The average Bonchev–Trinajstić information content (AvgIpc) is 2.74. The smallest absolute Gasteiger partial charge is 0.0595 e. The number of rotatable bonds is 3. The summed E-state index contributed by atoms with van der Waals surface area (Å²) < 4.78 is 0. The molecule has 16 heavy (non-hydrogen) atoms. The third-order valence-corrected chi connectivity index (χ3v) is 4.62. The third-order valence-electron chi connectivity index (χ3n) is 2.30. The maximum Gasteiger partial charge on any atom is 0.0595 e. The van der Waals surface area contributed by atoms with Crippen molar-refractivity contribution in [2.24, 2.45) is 0 Å². The lowest BCUT2D eigenvalue weighted by Gasteiger charge is -2.10. The molecule has 0 saturated heterocycles. The molecule has 0 nitrogen and oxygen atoms in total. The molecular weight excluding hydrogens is 327 g/mol. The van der Waals surface area contributed by atoms with Crippen LogP contribution in [0.25, 0.3) is 0 Å². The molecule has 4 heteroatoms. The first-order valence-corrected chi connectivity index (χ1v) is 7.38. The molecule has 0 aliphatic carbocycles. The van der Waals surface area contributed by atoms with Gasteiger partial charge in [-0.3, -0.25) is 0 Å². The summed E-state index contributed by atoms with van der Waals surface area (Å²) in [5.41, 5.74) is 2.48. The third kappa shape index (κ3) is 3.01. The van der Waals surface area contributed by atoms with Crippen LogP contribution >= 0.6 is 50.5 Å². The van der Waals surface area contributed by atoms with Crippen LogP contribution in [0.2, 0.25) is 10.0 Å². The zero-order valence-electron chi connectivity index (χ0n) is 8.29. The van der Waals surface area contributed by atoms with Gasteiger partial charge in [0.2, 0.25) is 0 Å². The van der Waals surface area contributed by atoms with E-state index in [-0.39, 0.29) is 4.83 Å². The predicted octanol–water partition coefficient (Wildman–Crippen LogP) is 5.73. The Morgan fingerprint density at radius 3 is 2.62 bits per heavy atom. The summed E-state index contributed by atoms with van der Waals surface area (Å²) in [6, 6.07) is 7.88. The van der Waals surface area contributed by atoms with Crippen molar-refractivity contribution in [3.8, 4) is 0 Å². The highest BCUT2D eigenvalue weighted by molar-refractivity contribution is 9.09. The maximum absolute atomic E-state index is 5.99. The Labute approximate surface area is 117 Å². The lowest BCUT2D eigenvalue weighted by molar-refractivity contribution is 0.954. The van der Waals surface area contributed by atoms with Gasteiger partial charge in [0.05, 0.1) is 10.0 Å². The van der Waals surface area contributed by atoms with E-state index in [1.54, 1.807) is 11.3 Å². The molecule has 0 saturated carbocycles. The molecule has 2 aromatic rings. The van der Waals surface area contributed by atoms with Crippen molar-refractivity contribution in [3.05, 3.63) is 56.2 Å². The Balaban J connectivity index is 2.14. The minimum absolute atomic E-state index is 0.275. The molecule has 1 atom stereocenters. The summed E-state index contributed by atoms with van der Waals surface area (Å²) in [5, 5.41) is 5.45. The molecule has 0 bridgehead atoms.